The van der Waals surface area contributed by atoms with E-state index in [1.54, 1.807) is 24.8 Å². The monoisotopic (exact) mass is 290 g/mol. The molecule has 2 heterocycles. The van der Waals surface area contributed by atoms with Crippen LogP contribution in [0.1, 0.15) is 18.4 Å². The van der Waals surface area contributed by atoms with Crippen LogP contribution in [0.25, 0.3) is 0 Å². The lowest BCUT2D eigenvalue weighted by molar-refractivity contribution is 0.218. The number of methoxy groups -OCH3 is 1. The van der Waals surface area contributed by atoms with Gasteiger partial charge in [-0.3, -0.25) is 9.58 Å². The lowest BCUT2D eigenvalue weighted by atomic mass is 10.1. The zero-order valence-electron chi connectivity index (χ0n) is 12.1. The van der Waals surface area contributed by atoms with Crippen LogP contribution in [0, 0.1) is 5.82 Å². The van der Waals surface area contributed by atoms with Crippen molar-refractivity contribution < 1.29 is 9.13 Å². The first-order chi connectivity index (χ1) is 10.3. The highest BCUT2D eigenvalue weighted by atomic mass is 19.1. The average Bonchev–Trinajstić information content (AvgIpc) is 3.12. The standard InChI is InChI=1S/C15H19FN4O/c1-21-15-5-4-12(7-14(15)16)8-19-6-2-3-13(19)9-20-11-17-10-18-20/h4-5,7,10-11,13H,2-3,6,8-9H2,1H3/t13-/m0/s1. The Hall–Kier alpha value is -1.95. The maximum absolute atomic E-state index is 13.8. The van der Waals surface area contributed by atoms with Crippen molar-refractivity contribution in [2.75, 3.05) is 13.7 Å². The molecule has 1 aliphatic heterocycles. The van der Waals surface area contributed by atoms with E-state index in [0.29, 0.717) is 11.8 Å². The van der Waals surface area contributed by atoms with Gasteiger partial charge in [-0.25, -0.2) is 9.37 Å². The van der Waals surface area contributed by atoms with Crippen molar-refractivity contribution in [3.05, 3.63) is 42.2 Å². The van der Waals surface area contributed by atoms with Crippen LogP contribution in [0.3, 0.4) is 0 Å². The number of nitrogens with zero attached hydrogens (tertiary/aromatic N) is 4. The van der Waals surface area contributed by atoms with Crippen molar-refractivity contribution in [1.29, 1.82) is 0 Å². The van der Waals surface area contributed by atoms with Gasteiger partial charge < -0.3 is 4.74 Å². The molecule has 5 nitrogen and oxygen atoms in total. The molecule has 0 amide bonds. The van der Waals surface area contributed by atoms with Gasteiger partial charge in [-0.1, -0.05) is 6.07 Å². The van der Waals surface area contributed by atoms with E-state index in [9.17, 15) is 4.39 Å². The van der Waals surface area contributed by atoms with E-state index >= 15 is 0 Å². The lowest BCUT2D eigenvalue weighted by Crippen LogP contribution is -2.32. The Balaban J connectivity index is 1.67. The minimum Gasteiger partial charge on any atom is -0.494 e. The Morgan fingerprint density at radius 2 is 2.33 bits per heavy atom. The van der Waals surface area contributed by atoms with Gasteiger partial charge in [-0.15, -0.1) is 0 Å². The fourth-order valence-electron chi connectivity index (χ4n) is 2.90. The Morgan fingerprint density at radius 1 is 1.43 bits per heavy atom. The molecule has 0 unspecified atom stereocenters. The molecular formula is C15H19FN4O. The summed E-state index contributed by atoms with van der Waals surface area (Å²) < 4.78 is 20.6. The first kappa shape index (κ1) is 14.0. The minimum absolute atomic E-state index is 0.291. The third-order valence-electron chi connectivity index (χ3n) is 3.97. The van der Waals surface area contributed by atoms with Crippen LogP contribution in [0.15, 0.2) is 30.9 Å². The van der Waals surface area contributed by atoms with Crippen LogP contribution in [0.5, 0.6) is 5.75 Å². The van der Waals surface area contributed by atoms with Crippen LogP contribution in [-0.2, 0) is 13.1 Å². The van der Waals surface area contributed by atoms with Crippen molar-refractivity contribution >= 4 is 0 Å². The fraction of sp³-hybridized carbons (Fsp3) is 0.467. The van der Waals surface area contributed by atoms with Gasteiger partial charge in [-0.05, 0) is 37.1 Å². The van der Waals surface area contributed by atoms with Gasteiger partial charge >= 0.3 is 0 Å². The molecule has 1 aliphatic rings. The number of hydrogen-bond donors (Lipinski definition) is 0. The predicted octanol–water partition coefficient (Wildman–Crippen LogP) is 2.09. The van der Waals surface area contributed by atoms with E-state index < -0.39 is 0 Å². The van der Waals surface area contributed by atoms with Gasteiger partial charge in [0, 0.05) is 12.6 Å². The first-order valence-corrected chi connectivity index (χ1v) is 7.15. The SMILES string of the molecule is COc1ccc(CN2CCC[C@H]2Cn2cncn2)cc1F. The second-order valence-electron chi connectivity index (χ2n) is 5.35. The molecule has 1 aromatic carbocycles. The molecule has 3 rings (SSSR count). The zero-order chi connectivity index (χ0) is 14.7. The maximum Gasteiger partial charge on any atom is 0.165 e. The van der Waals surface area contributed by atoms with Crippen LogP contribution < -0.4 is 4.74 Å². The maximum atomic E-state index is 13.8. The Labute approximate surface area is 123 Å². The Kier molecular flexibility index (Phi) is 4.15. The molecule has 0 saturated carbocycles. The van der Waals surface area contributed by atoms with Gasteiger partial charge in [0.15, 0.2) is 11.6 Å². The zero-order valence-corrected chi connectivity index (χ0v) is 12.1. The lowest BCUT2D eigenvalue weighted by Gasteiger charge is -2.24. The number of rotatable bonds is 5. The number of aromatic nitrogens is 3. The van der Waals surface area contributed by atoms with Crippen molar-refractivity contribution in [3.8, 4) is 5.75 Å². The summed E-state index contributed by atoms with van der Waals surface area (Å²) in [6.45, 7) is 2.62. The molecular weight excluding hydrogens is 271 g/mol. The highest BCUT2D eigenvalue weighted by molar-refractivity contribution is 5.29. The van der Waals surface area contributed by atoms with Crippen LogP contribution in [0.4, 0.5) is 4.39 Å². The van der Waals surface area contributed by atoms with E-state index in [-0.39, 0.29) is 5.82 Å². The molecule has 0 aliphatic carbocycles. The predicted molar refractivity (Wildman–Crippen MR) is 76.4 cm³/mol. The van der Waals surface area contributed by atoms with Gasteiger partial charge in [0.05, 0.1) is 13.7 Å². The second kappa shape index (κ2) is 6.22. The molecule has 6 heteroatoms. The number of ether oxygens (including phenoxy) is 1. The summed E-state index contributed by atoms with van der Waals surface area (Å²) in [6.07, 6.45) is 5.60. The summed E-state index contributed by atoms with van der Waals surface area (Å²) in [6, 6.07) is 5.60. The average molecular weight is 290 g/mol. The van der Waals surface area contributed by atoms with E-state index in [4.69, 9.17) is 4.74 Å². The van der Waals surface area contributed by atoms with Crippen LogP contribution in [0.2, 0.25) is 0 Å². The largest absolute Gasteiger partial charge is 0.494 e. The van der Waals surface area contributed by atoms with E-state index in [2.05, 4.69) is 15.0 Å². The Bertz CT molecular complexity index is 587. The molecule has 0 N–H and O–H groups in total. The first-order valence-electron chi connectivity index (χ1n) is 7.15. The molecule has 1 saturated heterocycles. The topological polar surface area (TPSA) is 43.2 Å². The summed E-state index contributed by atoms with van der Waals surface area (Å²) in [5.74, 6) is -0.0126. The van der Waals surface area contributed by atoms with Crippen molar-refractivity contribution in [2.24, 2.45) is 0 Å². The van der Waals surface area contributed by atoms with E-state index in [0.717, 1.165) is 38.0 Å². The highest BCUT2D eigenvalue weighted by Gasteiger charge is 2.25. The summed E-state index contributed by atoms with van der Waals surface area (Å²) in [4.78, 5) is 6.35. The molecule has 2 aromatic rings. The molecule has 1 aromatic heterocycles. The molecule has 1 atom stereocenters. The van der Waals surface area contributed by atoms with E-state index in [1.807, 2.05) is 10.7 Å². The molecule has 1 fully saturated rings. The summed E-state index contributed by atoms with van der Waals surface area (Å²) in [5, 5.41) is 4.16. The van der Waals surface area contributed by atoms with Gasteiger partial charge in [0.25, 0.3) is 0 Å². The fourth-order valence-corrected chi connectivity index (χ4v) is 2.90. The Morgan fingerprint density at radius 3 is 3.05 bits per heavy atom. The smallest absolute Gasteiger partial charge is 0.165 e. The normalized spacial score (nSPS) is 19.0. The van der Waals surface area contributed by atoms with Crippen molar-refractivity contribution in [1.82, 2.24) is 19.7 Å². The summed E-state index contributed by atoms with van der Waals surface area (Å²) >= 11 is 0. The highest BCUT2D eigenvalue weighted by Crippen LogP contribution is 2.23. The van der Waals surface area contributed by atoms with Crippen LogP contribution >= 0.6 is 0 Å². The summed E-state index contributed by atoms with van der Waals surface area (Å²) in [5.41, 5.74) is 0.971. The van der Waals surface area contributed by atoms with Crippen molar-refractivity contribution in [3.63, 3.8) is 0 Å². The van der Waals surface area contributed by atoms with Gasteiger partial charge in [0.2, 0.25) is 0 Å². The number of halogens is 1. The van der Waals surface area contributed by atoms with Crippen molar-refractivity contribution in [2.45, 2.75) is 32.0 Å². The number of likely N-dealkylation sites (tertiary alicyclic amines) is 1. The second-order valence-corrected chi connectivity index (χ2v) is 5.35. The molecule has 0 spiro atoms. The summed E-state index contributed by atoms with van der Waals surface area (Å²) in [7, 11) is 1.48. The quantitative estimate of drug-likeness (QED) is 0.845. The molecule has 0 radical (unpaired) electrons. The molecule has 112 valence electrons. The van der Waals surface area contributed by atoms with Gasteiger partial charge in [0.1, 0.15) is 12.7 Å². The third kappa shape index (κ3) is 3.21. The number of hydrogen-bond acceptors (Lipinski definition) is 4. The molecule has 21 heavy (non-hydrogen) atoms. The van der Waals surface area contributed by atoms with E-state index in [1.165, 1.54) is 7.11 Å². The van der Waals surface area contributed by atoms with Gasteiger partial charge in [-0.2, -0.15) is 5.10 Å². The molecule has 0 bridgehead atoms. The minimum atomic E-state index is -0.304. The third-order valence-corrected chi connectivity index (χ3v) is 3.97. The van der Waals surface area contributed by atoms with Crippen LogP contribution in [-0.4, -0.2) is 39.4 Å². The number of benzene rings is 1.